The molecule has 0 spiro atoms. The third-order valence-corrected chi connectivity index (χ3v) is 5.43. The van der Waals surface area contributed by atoms with Crippen LogP contribution in [0.3, 0.4) is 0 Å². The van der Waals surface area contributed by atoms with Crippen LogP contribution in [0.25, 0.3) is 0 Å². The third kappa shape index (κ3) is 4.05. The van der Waals surface area contributed by atoms with E-state index in [1.165, 1.54) is 4.90 Å². The number of amides is 2. The van der Waals surface area contributed by atoms with Crippen molar-refractivity contribution in [3.8, 4) is 0 Å². The molecule has 2 fully saturated rings. The zero-order valence-corrected chi connectivity index (χ0v) is 15.1. The van der Waals surface area contributed by atoms with Crippen molar-refractivity contribution in [2.24, 2.45) is 5.73 Å². The Morgan fingerprint density at radius 1 is 1.26 bits per heavy atom. The van der Waals surface area contributed by atoms with Gasteiger partial charge in [0.15, 0.2) is 0 Å². The molecule has 2 aliphatic rings. The number of nitrogens with zero attached hydrogens (tertiary/aromatic N) is 1. The zero-order chi connectivity index (χ0) is 19.4. The molecule has 3 rings (SSSR count). The van der Waals surface area contributed by atoms with Crippen LogP contribution in [0.4, 0.5) is 4.79 Å². The van der Waals surface area contributed by atoms with Gasteiger partial charge in [0.2, 0.25) is 5.91 Å². The van der Waals surface area contributed by atoms with Gasteiger partial charge in [-0.2, -0.15) is 0 Å². The summed E-state index contributed by atoms with van der Waals surface area (Å²) in [6.45, 7) is 0.490. The van der Waals surface area contributed by atoms with E-state index in [0.29, 0.717) is 25.8 Å². The van der Waals surface area contributed by atoms with Crippen molar-refractivity contribution in [1.29, 1.82) is 0 Å². The van der Waals surface area contributed by atoms with E-state index in [0.717, 1.165) is 18.4 Å². The summed E-state index contributed by atoms with van der Waals surface area (Å²) in [6, 6.07) is 7.98. The minimum absolute atomic E-state index is 0.116. The van der Waals surface area contributed by atoms with E-state index < -0.39 is 29.7 Å². The summed E-state index contributed by atoms with van der Waals surface area (Å²) in [6.07, 6.45) is 2.20. The molecule has 1 saturated heterocycles. The summed E-state index contributed by atoms with van der Waals surface area (Å²) in [4.78, 5) is 37.9. The molecule has 2 unspecified atom stereocenters. The molecule has 1 aliphatic heterocycles. The van der Waals surface area contributed by atoms with Gasteiger partial charge in [-0.3, -0.25) is 9.59 Å². The van der Waals surface area contributed by atoms with Crippen LogP contribution in [0, 0.1) is 0 Å². The number of carboxylic acids is 1. The molecule has 2 amide bonds. The number of hydrogen-bond acceptors (Lipinski definition) is 5. The second kappa shape index (κ2) is 7.96. The van der Waals surface area contributed by atoms with Gasteiger partial charge in [0.25, 0.3) is 0 Å². The topological polar surface area (TPSA) is 122 Å². The predicted octanol–water partition coefficient (Wildman–Crippen LogP) is 1.24. The van der Waals surface area contributed by atoms with Crippen molar-refractivity contribution >= 4 is 18.0 Å². The van der Waals surface area contributed by atoms with Crippen LogP contribution in [0.15, 0.2) is 30.3 Å². The third-order valence-electron chi connectivity index (χ3n) is 5.43. The normalized spacial score (nSPS) is 28.0. The highest BCUT2D eigenvalue weighted by atomic mass is 16.5. The van der Waals surface area contributed by atoms with E-state index in [1.807, 2.05) is 30.3 Å². The van der Waals surface area contributed by atoms with Crippen LogP contribution in [-0.2, 0) is 20.9 Å². The minimum Gasteiger partial charge on any atom is -0.480 e. The fraction of sp³-hybridized carbons (Fsp3) is 0.526. The van der Waals surface area contributed by atoms with E-state index >= 15 is 0 Å². The maximum atomic E-state index is 12.7. The fourth-order valence-corrected chi connectivity index (χ4v) is 3.92. The quantitative estimate of drug-likeness (QED) is 0.712. The molecule has 3 atom stereocenters. The van der Waals surface area contributed by atoms with Gasteiger partial charge in [-0.15, -0.1) is 0 Å². The Bertz CT molecular complexity index is 711. The number of carboxylic acid groups (broad SMARTS) is 1. The molecular formula is C19H25N3O5. The lowest BCUT2D eigenvalue weighted by atomic mass is 9.77. The number of benzene rings is 1. The van der Waals surface area contributed by atoms with Gasteiger partial charge < -0.3 is 25.8 Å². The Morgan fingerprint density at radius 3 is 2.70 bits per heavy atom. The first kappa shape index (κ1) is 19.2. The monoisotopic (exact) mass is 375 g/mol. The van der Waals surface area contributed by atoms with Crippen molar-refractivity contribution in [2.75, 3.05) is 6.54 Å². The van der Waals surface area contributed by atoms with Crippen molar-refractivity contribution in [1.82, 2.24) is 10.2 Å². The molecule has 8 heteroatoms. The maximum Gasteiger partial charge on any atom is 0.408 e. The molecule has 1 aromatic rings. The molecule has 0 bridgehead atoms. The molecule has 4 N–H and O–H groups in total. The number of carbonyl (C=O) groups is 3. The number of ether oxygens (including phenoxy) is 1. The lowest BCUT2D eigenvalue weighted by molar-refractivity contribution is -0.150. The summed E-state index contributed by atoms with van der Waals surface area (Å²) in [5, 5.41) is 12.1. The van der Waals surface area contributed by atoms with E-state index in [2.05, 4.69) is 5.32 Å². The zero-order valence-electron chi connectivity index (χ0n) is 15.1. The van der Waals surface area contributed by atoms with Gasteiger partial charge in [-0.1, -0.05) is 43.2 Å². The van der Waals surface area contributed by atoms with E-state index in [4.69, 9.17) is 10.5 Å². The summed E-state index contributed by atoms with van der Waals surface area (Å²) in [5.41, 5.74) is 5.56. The number of nitrogens with one attached hydrogen (secondary N) is 1. The molecule has 1 saturated carbocycles. The smallest absolute Gasteiger partial charge is 0.408 e. The Balaban J connectivity index is 1.57. The first-order chi connectivity index (χ1) is 12.9. The Kier molecular flexibility index (Phi) is 5.65. The standard InChI is InChI=1S/C19H25N3O5/c20-19(17(24)25)10-5-4-8-15(19)22-11-9-14(16(22)23)21-18(26)27-12-13-6-2-1-3-7-13/h1-3,6-7,14-15H,4-5,8-12,20H2,(H,21,26)(H,24,25)/t14-,15?,19?/m0/s1. The second-order valence-electron chi connectivity index (χ2n) is 7.19. The Hall–Kier alpha value is -2.61. The number of carbonyl (C=O) groups excluding carboxylic acids is 2. The van der Waals surface area contributed by atoms with Crippen LogP contribution in [0.1, 0.15) is 37.7 Å². The number of nitrogens with two attached hydrogens (primary N) is 1. The minimum atomic E-state index is -1.43. The SMILES string of the molecule is NC1(C(=O)O)CCCCC1N1CC[C@H](NC(=O)OCc2ccccc2)C1=O. The number of hydrogen-bond donors (Lipinski definition) is 3. The highest BCUT2D eigenvalue weighted by Gasteiger charge is 2.50. The second-order valence-corrected chi connectivity index (χ2v) is 7.19. The highest BCUT2D eigenvalue weighted by Crippen LogP contribution is 2.33. The molecule has 1 aliphatic carbocycles. The van der Waals surface area contributed by atoms with Crippen LogP contribution < -0.4 is 11.1 Å². The fourth-order valence-electron chi connectivity index (χ4n) is 3.92. The van der Waals surface area contributed by atoms with Crippen LogP contribution in [0.2, 0.25) is 0 Å². The lowest BCUT2D eigenvalue weighted by Gasteiger charge is -2.42. The molecule has 27 heavy (non-hydrogen) atoms. The van der Waals surface area contributed by atoms with Crippen molar-refractivity contribution in [3.05, 3.63) is 35.9 Å². The number of aliphatic carboxylic acids is 1. The van der Waals surface area contributed by atoms with Crippen molar-refractivity contribution in [2.45, 2.75) is 56.3 Å². The summed E-state index contributed by atoms with van der Waals surface area (Å²) < 4.78 is 5.16. The molecule has 0 radical (unpaired) electrons. The van der Waals surface area contributed by atoms with E-state index in [1.54, 1.807) is 0 Å². The molecule has 1 aromatic carbocycles. The largest absolute Gasteiger partial charge is 0.480 e. The maximum absolute atomic E-state index is 12.7. The summed E-state index contributed by atoms with van der Waals surface area (Å²) in [5.74, 6) is -1.38. The molecule has 8 nitrogen and oxygen atoms in total. The lowest BCUT2D eigenvalue weighted by Crippen LogP contribution is -2.65. The van der Waals surface area contributed by atoms with Crippen LogP contribution in [-0.4, -0.2) is 52.1 Å². The van der Waals surface area contributed by atoms with Gasteiger partial charge in [0, 0.05) is 6.54 Å². The first-order valence-corrected chi connectivity index (χ1v) is 9.22. The van der Waals surface area contributed by atoms with Gasteiger partial charge in [0.1, 0.15) is 18.2 Å². The number of likely N-dealkylation sites (tertiary alicyclic amines) is 1. The Morgan fingerprint density at radius 2 is 2.00 bits per heavy atom. The number of rotatable bonds is 5. The van der Waals surface area contributed by atoms with Crippen LogP contribution in [0.5, 0.6) is 0 Å². The Labute approximate surface area is 157 Å². The average Bonchev–Trinajstić information content (AvgIpc) is 3.01. The summed E-state index contributed by atoms with van der Waals surface area (Å²) >= 11 is 0. The summed E-state index contributed by atoms with van der Waals surface area (Å²) in [7, 11) is 0. The molecule has 1 heterocycles. The molecule has 0 aromatic heterocycles. The van der Waals surface area contributed by atoms with Crippen molar-refractivity contribution < 1.29 is 24.2 Å². The van der Waals surface area contributed by atoms with Gasteiger partial charge >= 0.3 is 12.1 Å². The highest BCUT2D eigenvalue weighted by molar-refractivity contribution is 5.89. The molecule has 146 valence electrons. The van der Waals surface area contributed by atoms with Gasteiger partial charge in [-0.05, 0) is 24.8 Å². The van der Waals surface area contributed by atoms with E-state index in [9.17, 15) is 19.5 Å². The number of alkyl carbamates (subject to hydrolysis) is 1. The van der Waals surface area contributed by atoms with Gasteiger partial charge in [-0.25, -0.2) is 4.79 Å². The molecular weight excluding hydrogens is 350 g/mol. The predicted molar refractivity (Wildman–Crippen MR) is 96.7 cm³/mol. The van der Waals surface area contributed by atoms with Gasteiger partial charge in [0.05, 0.1) is 6.04 Å². The van der Waals surface area contributed by atoms with E-state index in [-0.39, 0.29) is 12.5 Å². The first-order valence-electron chi connectivity index (χ1n) is 9.22. The average molecular weight is 375 g/mol. The van der Waals surface area contributed by atoms with Crippen LogP contribution >= 0.6 is 0 Å². The van der Waals surface area contributed by atoms with Crippen molar-refractivity contribution in [3.63, 3.8) is 0 Å².